The lowest BCUT2D eigenvalue weighted by Gasteiger charge is -2.35. The highest BCUT2D eigenvalue weighted by atomic mass is 79.9. The van der Waals surface area contributed by atoms with Gasteiger partial charge in [0.1, 0.15) is 0 Å². The molecular formula is C18H18BrN7O3. The molecule has 0 radical (unpaired) electrons. The molecule has 150 valence electrons. The molecule has 2 atom stereocenters. The van der Waals surface area contributed by atoms with Gasteiger partial charge < -0.3 is 19.9 Å². The van der Waals surface area contributed by atoms with E-state index in [4.69, 9.17) is 0 Å². The Morgan fingerprint density at radius 3 is 2.86 bits per heavy atom. The van der Waals surface area contributed by atoms with Crippen molar-refractivity contribution in [3.05, 3.63) is 34.8 Å². The fourth-order valence-electron chi connectivity index (χ4n) is 3.39. The van der Waals surface area contributed by atoms with Crippen LogP contribution in [0, 0.1) is 0 Å². The van der Waals surface area contributed by atoms with E-state index in [9.17, 15) is 14.7 Å². The Balaban J connectivity index is 1.74. The summed E-state index contributed by atoms with van der Waals surface area (Å²) in [4.78, 5) is 34.7. The second kappa shape index (κ2) is 6.99. The minimum atomic E-state index is -0.728. The molecule has 0 aliphatic carbocycles. The number of nitrogens with one attached hydrogen (secondary N) is 2. The van der Waals surface area contributed by atoms with E-state index in [0.29, 0.717) is 17.4 Å². The number of guanidine groups is 1. The van der Waals surface area contributed by atoms with E-state index in [0.717, 1.165) is 10.0 Å². The van der Waals surface area contributed by atoms with E-state index in [1.165, 1.54) is 4.90 Å². The van der Waals surface area contributed by atoms with Gasteiger partial charge >= 0.3 is 6.03 Å². The summed E-state index contributed by atoms with van der Waals surface area (Å²) < 4.78 is 0.824. The summed E-state index contributed by atoms with van der Waals surface area (Å²) in [5, 5.41) is 21.6. The van der Waals surface area contributed by atoms with Crippen molar-refractivity contribution in [2.24, 2.45) is 15.2 Å². The maximum atomic E-state index is 12.4. The SMILES string of the molecule is C=C(C)CN1C(N=Nc2c(O)[nH]c3ccc(Br)cc23)=NC2C1C(=O)NC(=O)N2C. The number of likely N-dealkylation sites (N-methyl/N-ethyl adjacent to an activating group) is 1. The van der Waals surface area contributed by atoms with Crippen molar-refractivity contribution in [3.63, 3.8) is 0 Å². The number of urea groups is 1. The summed E-state index contributed by atoms with van der Waals surface area (Å²) in [6.45, 7) is 6.03. The van der Waals surface area contributed by atoms with Crippen molar-refractivity contribution in [3.8, 4) is 5.88 Å². The van der Waals surface area contributed by atoms with E-state index in [-0.39, 0.29) is 17.5 Å². The van der Waals surface area contributed by atoms with Crippen molar-refractivity contribution in [2.75, 3.05) is 13.6 Å². The lowest BCUT2D eigenvalue weighted by molar-refractivity contribution is -0.126. The molecule has 3 heterocycles. The van der Waals surface area contributed by atoms with Crippen molar-refractivity contribution < 1.29 is 14.7 Å². The number of nitrogens with zero attached hydrogens (tertiary/aromatic N) is 5. The smallest absolute Gasteiger partial charge is 0.325 e. The average molecular weight is 460 g/mol. The van der Waals surface area contributed by atoms with Crippen LogP contribution >= 0.6 is 15.9 Å². The summed E-state index contributed by atoms with van der Waals surface area (Å²) in [6, 6.07) is 4.20. The maximum absolute atomic E-state index is 12.4. The number of carbonyl (C=O) groups excluding carboxylic acids is 2. The van der Waals surface area contributed by atoms with Crippen LogP contribution in [0.2, 0.25) is 0 Å². The van der Waals surface area contributed by atoms with E-state index < -0.39 is 24.1 Å². The van der Waals surface area contributed by atoms with E-state index in [1.807, 2.05) is 19.1 Å². The van der Waals surface area contributed by atoms with Crippen molar-refractivity contribution in [2.45, 2.75) is 19.1 Å². The third-order valence-electron chi connectivity index (χ3n) is 4.73. The zero-order valence-corrected chi connectivity index (χ0v) is 17.3. The van der Waals surface area contributed by atoms with Gasteiger partial charge in [0.2, 0.25) is 11.8 Å². The molecule has 2 aromatic rings. The number of halogens is 1. The molecule has 0 spiro atoms. The van der Waals surface area contributed by atoms with Crippen LogP contribution in [0.1, 0.15) is 6.92 Å². The minimum Gasteiger partial charge on any atom is -0.493 e. The lowest BCUT2D eigenvalue weighted by Crippen LogP contribution is -2.63. The fourth-order valence-corrected chi connectivity index (χ4v) is 3.75. The van der Waals surface area contributed by atoms with Gasteiger partial charge in [-0.05, 0) is 25.1 Å². The second-order valence-corrected chi connectivity index (χ2v) is 7.91. The van der Waals surface area contributed by atoms with E-state index in [2.05, 4.69) is 48.0 Å². The Morgan fingerprint density at radius 1 is 1.38 bits per heavy atom. The Labute approximate surface area is 174 Å². The van der Waals surface area contributed by atoms with E-state index in [1.54, 1.807) is 18.0 Å². The van der Waals surface area contributed by atoms with Crippen LogP contribution in [-0.2, 0) is 4.79 Å². The highest BCUT2D eigenvalue weighted by Crippen LogP contribution is 2.37. The van der Waals surface area contributed by atoms with Crippen LogP contribution in [0.3, 0.4) is 0 Å². The van der Waals surface area contributed by atoms with Crippen LogP contribution in [-0.4, -0.2) is 63.6 Å². The summed E-state index contributed by atoms with van der Waals surface area (Å²) in [5.41, 5.74) is 1.74. The number of fused-ring (bicyclic) bond motifs is 2. The Bertz CT molecular complexity index is 1110. The molecule has 4 rings (SSSR count). The number of amides is 3. The van der Waals surface area contributed by atoms with Gasteiger partial charge in [-0.25, -0.2) is 9.79 Å². The molecule has 2 aliphatic rings. The minimum absolute atomic E-state index is 0.130. The van der Waals surface area contributed by atoms with Crippen molar-refractivity contribution in [1.82, 2.24) is 20.1 Å². The summed E-state index contributed by atoms with van der Waals surface area (Å²) in [7, 11) is 1.56. The van der Waals surface area contributed by atoms with Gasteiger partial charge in [-0.3, -0.25) is 10.1 Å². The maximum Gasteiger partial charge on any atom is 0.325 e. The molecule has 0 saturated carbocycles. The van der Waals surface area contributed by atoms with Gasteiger partial charge in [-0.2, -0.15) is 0 Å². The lowest BCUT2D eigenvalue weighted by atomic mass is 10.1. The Hall–Kier alpha value is -3.21. The number of rotatable bonds is 3. The van der Waals surface area contributed by atoms with Crippen molar-refractivity contribution in [1.29, 1.82) is 0 Å². The first-order valence-electron chi connectivity index (χ1n) is 8.74. The topological polar surface area (TPSA) is 126 Å². The molecule has 2 unspecified atom stereocenters. The van der Waals surface area contributed by atoms with Crippen LogP contribution in [0.4, 0.5) is 10.5 Å². The van der Waals surface area contributed by atoms with Gasteiger partial charge in [0, 0.05) is 23.5 Å². The number of aliphatic imine (C=N–C) groups is 1. The Morgan fingerprint density at radius 2 is 2.14 bits per heavy atom. The number of aromatic nitrogens is 1. The number of imide groups is 1. The largest absolute Gasteiger partial charge is 0.493 e. The number of benzene rings is 1. The number of azo groups is 1. The van der Waals surface area contributed by atoms with Gasteiger partial charge in [0.15, 0.2) is 17.9 Å². The molecule has 2 aliphatic heterocycles. The molecule has 0 bridgehead atoms. The molecule has 3 N–H and O–H groups in total. The first kappa shape index (κ1) is 19.1. The molecule has 1 saturated heterocycles. The highest BCUT2D eigenvalue weighted by Gasteiger charge is 2.48. The Kier molecular flexibility index (Phi) is 4.61. The van der Waals surface area contributed by atoms with Crippen molar-refractivity contribution >= 4 is 50.4 Å². The van der Waals surface area contributed by atoms with Gasteiger partial charge in [-0.15, -0.1) is 10.2 Å². The third-order valence-corrected chi connectivity index (χ3v) is 5.23. The molecule has 29 heavy (non-hydrogen) atoms. The monoisotopic (exact) mass is 459 g/mol. The summed E-state index contributed by atoms with van der Waals surface area (Å²) in [6.07, 6.45) is -0.713. The number of aromatic amines is 1. The molecule has 1 aromatic carbocycles. The average Bonchev–Trinajstić information content (AvgIpc) is 3.15. The quantitative estimate of drug-likeness (QED) is 0.481. The van der Waals surface area contributed by atoms with Crippen LogP contribution in [0.15, 0.2) is 50.0 Å². The number of carbonyl (C=O) groups is 2. The van der Waals surface area contributed by atoms with Gasteiger partial charge in [0.05, 0.1) is 5.52 Å². The van der Waals surface area contributed by atoms with Gasteiger partial charge in [0.25, 0.3) is 5.91 Å². The van der Waals surface area contributed by atoms with Gasteiger partial charge in [-0.1, -0.05) is 28.1 Å². The number of H-pyrrole nitrogens is 1. The molecular weight excluding hydrogens is 442 g/mol. The standard InChI is InChI=1S/C18H18BrN7O3/c1-8(2)7-26-13-14(25(3)18(29)22-16(13)28)21-17(26)24-23-12-10-6-9(19)4-5-11(10)20-15(12)27/h4-6,13-14,20,27H,1,7H2,2-3H3,(H,22,28,29). The highest BCUT2D eigenvalue weighted by molar-refractivity contribution is 9.10. The zero-order chi connectivity index (χ0) is 20.9. The van der Waals surface area contributed by atoms with Crippen LogP contribution < -0.4 is 5.32 Å². The van der Waals surface area contributed by atoms with Crippen LogP contribution in [0.5, 0.6) is 5.88 Å². The number of aromatic hydroxyl groups is 1. The second-order valence-electron chi connectivity index (χ2n) is 6.99. The predicted octanol–water partition coefficient (Wildman–Crippen LogP) is 2.84. The predicted molar refractivity (Wildman–Crippen MR) is 110 cm³/mol. The molecule has 1 fully saturated rings. The molecule has 1 aromatic heterocycles. The molecule has 3 amide bonds. The number of hydrogen-bond donors (Lipinski definition) is 3. The first-order chi connectivity index (χ1) is 13.8. The number of hydrogen-bond acceptors (Lipinski definition) is 7. The summed E-state index contributed by atoms with van der Waals surface area (Å²) in [5.74, 6) is -0.398. The molecule has 11 heteroatoms. The summed E-state index contributed by atoms with van der Waals surface area (Å²) >= 11 is 3.40. The normalized spacial score (nSPS) is 21.7. The first-order valence-corrected chi connectivity index (χ1v) is 9.54. The molecule has 10 nitrogen and oxygen atoms in total. The fraction of sp³-hybridized carbons (Fsp3) is 0.278. The van der Waals surface area contributed by atoms with E-state index >= 15 is 0 Å². The third kappa shape index (κ3) is 3.27. The van der Waals surface area contributed by atoms with Crippen LogP contribution in [0.25, 0.3) is 10.9 Å². The zero-order valence-electron chi connectivity index (χ0n) is 15.7.